The molecule has 2 aromatic carbocycles. The molecule has 0 aliphatic carbocycles. The molecule has 0 fully saturated rings. The van der Waals surface area contributed by atoms with Crippen LogP contribution in [-0.2, 0) is 4.84 Å². The number of non-ortho nitro benzene ring substituents is 1. The fourth-order valence-electron chi connectivity index (χ4n) is 3.08. The molecule has 0 radical (unpaired) electrons. The van der Waals surface area contributed by atoms with Crippen LogP contribution in [0.1, 0.15) is 11.4 Å². The number of oxime groups is 1. The molecule has 142 valence electrons. The number of aromatic nitrogens is 2. The van der Waals surface area contributed by atoms with Gasteiger partial charge in [0, 0.05) is 24.2 Å². The summed E-state index contributed by atoms with van der Waals surface area (Å²) in [6.07, 6.45) is 0. The van der Waals surface area contributed by atoms with Crippen molar-refractivity contribution in [1.29, 1.82) is 0 Å². The Morgan fingerprint density at radius 1 is 1.25 bits per heavy atom. The van der Waals surface area contributed by atoms with Crippen LogP contribution in [0, 0.1) is 10.1 Å². The van der Waals surface area contributed by atoms with Crippen molar-refractivity contribution in [2.75, 3.05) is 27.2 Å². The summed E-state index contributed by atoms with van der Waals surface area (Å²) in [4.78, 5) is 35.7. The molecule has 4 rings (SSSR count). The molecule has 0 bridgehead atoms. The van der Waals surface area contributed by atoms with Gasteiger partial charge in [0.15, 0.2) is 11.5 Å². The van der Waals surface area contributed by atoms with Gasteiger partial charge in [0.25, 0.3) is 11.2 Å². The molecule has 28 heavy (non-hydrogen) atoms. The third-order valence-electron chi connectivity index (χ3n) is 4.46. The maximum absolute atomic E-state index is 13.1. The molecule has 0 spiro atoms. The number of hydrogen-bond acceptors (Lipinski definition) is 7. The van der Waals surface area contributed by atoms with Crippen molar-refractivity contribution in [3.63, 3.8) is 0 Å². The Morgan fingerprint density at radius 3 is 2.79 bits per heavy atom. The number of rotatable bonds is 5. The van der Waals surface area contributed by atoms with E-state index < -0.39 is 4.92 Å². The molecule has 0 atom stereocenters. The van der Waals surface area contributed by atoms with Gasteiger partial charge in [0.1, 0.15) is 6.61 Å². The minimum Gasteiger partial charge on any atom is -0.394 e. The Hall–Kier alpha value is -3.59. The number of nitrogens with zero attached hydrogens (tertiary/aromatic N) is 5. The summed E-state index contributed by atoms with van der Waals surface area (Å²) in [6, 6.07) is 11.3. The molecule has 1 aromatic heterocycles. The molecule has 1 aliphatic heterocycles. The lowest BCUT2D eigenvalue weighted by Gasteiger charge is -2.08. The molecule has 0 saturated heterocycles. The molecule has 0 unspecified atom stereocenters. The standard InChI is InChI=1S/C19H17N5O4/c1-22(2)9-10-28-21-17-14-11-12(24(26)27)7-8-16(14)23-18(17)20-15-6-4-3-5-13(15)19(23)25/h3-8,11H,9-10H2,1-2H3/b21-17+. The second-order valence-corrected chi connectivity index (χ2v) is 6.63. The van der Waals surface area contributed by atoms with Crippen LogP contribution in [0.25, 0.3) is 16.6 Å². The molecular weight excluding hydrogens is 362 g/mol. The van der Waals surface area contributed by atoms with Crippen LogP contribution in [0.3, 0.4) is 0 Å². The van der Waals surface area contributed by atoms with Gasteiger partial charge < -0.3 is 9.74 Å². The normalized spacial score (nSPS) is 13.8. The molecule has 3 aromatic rings. The highest BCUT2D eigenvalue weighted by atomic mass is 16.6. The molecule has 0 amide bonds. The summed E-state index contributed by atoms with van der Waals surface area (Å²) < 4.78 is 1.43. The summed E-state index contributed by atoms with van der Waals surface area (Å²) in [5, 5.41) is 15.9. The van der Waals surface area contributed by atoms with E-state index in [1.54, 1.807) is 24.3 Å². The highest BCUT2D eigenvalue weighted by Crippen LogP contribution is 2.30. The molecule has 9 heteroatoms. The van der Waals surface area contributed by atoms with E-state index in [4.69, 9.17) is 4.84 Å². The quantitative estimate of drug-likeness (QED) is 0.298. The fraction of sp³-hybridized carbons (Fsp3) is 0.211. The first kappa shape index (κ1) is 17.8. The van der Waals surface area contributed by atoms with E-state index in [2.05, 4.69) is 10.1 Å². The summed E-state index contributed by atoms with van der Waals surface area (Å²) in [5.41, 5.74) is 1.43. The van der Waals surface area contributed by atoms with E-state index >= 15 is 0 Å². The van der Waals surface area contributed by atoms with Gasteiger partial charge in [-0.1, -0.05) is 17.3 Å². The lowest BCUT2D eigenvalue weighted by molar-refractivity contribution is -0.384. The van der Waals surface area contributed by atoms with E-state index in [1.807, 2.05) is 19.0 Å². The zero-order valence-corrected chi connectivity index (χ0v) is 15.3. The summed E-state index contributed by atoms with van der Waals surface area (Å²) in [7, 11) is 3.82. The van der Waals surface area contributed by atoms with Crippen molar-refractivity contribution in [1.82, 2.24) is 14.5 Å². The van der Waals surface area contributed by atoms with Crippen molar-refractivity contribution in [3.05, 3.63) is 74.3 Å². The van der Waals surface area contributed by atoms with Crippen LogP contribution in [0.2, 0.25) is 0 Å². The first-order valence-electron chi connectivity index (χ1n) is 8.63. The van der Waals surface area contributed by atoms with Crippen molar-refractivity contribution in [2.45, 2.75) is 0 Å². The Kier molecular flexibility index (Phi) is 4.36. The van der Waals surface area contributed by atoms with E-state index in [0.717, 1.165) is 0 Å². The minimum atomic E-state index is -0.486. The van der Waals surface area contributed by atoms with E-state index in [1.165, 1.54) is 22.8 Å². The van der Waals surface area contributed by atoms with Crippen molar-refractivity contribution in [2.24, 2.45) is 5.16 Å². The topological polar surface area (TPSA) is 103 Å². The highest BCUT2D eigenvalue weighted by molar-refractivity contribution is 6.16. The maximum Gasteiger partial charge on any atom is 0.270 e. The zero-order valence-electron chi connectivity index (χ0n) is 15.3. The van der Waals surface area contributed by atoms with Gasteiger partial charge in [0.05, 0.1) is 21.5 Å². The zero-order chi connectivity index (χ0) is 19.8. The molecular formula is C19H17N5O4. The van der Waals surface area contributed by atoms with Crippen LogP contribution in [0.5, 0.6) is 0 Å². The second-order valence-electron chi connectivity index (χ2n) is 6.63. The lowest BCUT2D eigenvalue weighted by atomic mass is 10.1. The van der Waals surface area contributed by atoms with Crippen LogP contribution in [-0.4, -0.2) is 52.3 Å². The van der Waals surface area contributed by atoms with Crippen LogP contribution >= 0.6 is 0 Å². The van der Waals surface area contributed by atoms with E-state index in [-0.39, 0.29) is 11.2 Å². The van der Waals surface area contributed by atoms with Gasteiger partial charge >= 0.3 is 0 Å². The average Bonchev–Trinajstić information content (AvgIpc) is 2.98. The summed E-state index contributed by atoms with van der Waals surface area (Å²) in [5.74, 6) is 0.309. The third-order valence-corrected chi connectivity index (χ3v) is 4.46. The van der Waals surface area contributed by atoms with Gasteiger partial charge in [-0.3, -0.25) is 19.5 Å². The number of fused-ring (bicyclic) bond motifs is 4. The predicted molar refractivity (Wildman–Crippen MR) is 104 cm³/mol. The van der Waals surface area contributed by atoms with Crippen LogP contribution < -0.4 is 5.56 Å². The number of benzene rings is 2. The predicted octanol–water partition coefficient (Wildman–Crippen LogP) is 1.94. The SMILES string of the molecule is CN(C)CCO/N=C1\c2cc([N+](=O)[O-])ccc2-n2c1nc1ccccc1c2=O. The monoisotopic (exact) mass is 379 g/mol. The Labute approximate surface area is 159 Å². The van der Waals surface area contributed by atoms with Crippen molar-refractivity contribution in [3.8, 4) is 5.69 Å². The van der Waals surface area contributed by atoms with E-state index in [0.29, 0.717) is 46.8 Å². The first-order chi connectivity index (χ1) is 13.5. The minimum absolute atomic E-state index is 0.0925. The molecule has 1 aliphatic rings. The van der Waals surface area contributed by atoms with Crippen molar-refractivity contribution < 1.29 is 9.76 Å². The Balaban J connectivity index is 1.92. The average molecular weight is 379 g/mol. The van der Waals surface area contributed by atoms with Crippen LogP contribution in [0.4, 0.5) is 5.69 Å². The second kappa shape index (κ2) is 6.86. The molecule has 2 heterocycles. The van der Waals surface area contributed by atoms with Crippen molar-refractivity contribution >= 4 is 22.3 Å². The smallest absolute Gasteiger partial charge is 0.270 e. The molecule has 9 nitrogen and oxygen atoms in total. The maximum atomic E-state index is 13.1. The number of para-hydroxylation sites is 1. The number of nitro benzene ring substituents is 1. The van der Waals surface area contributed by atoms with Gasteiger partial charge in [-0.25, -0.2) is 4.98 Å². The Bertz CT molecular complexity index is 1180. The lowest BCUT2D eigenvalue weighted by Crippen LogP contribution is -2.22. The van der Waals surface area contributed by atoms with E-state index in [9.17, 15) is 14.9 Å². The Morgan fingerprint density at radius 2 is 2.04 bits per heavy atom. The van der Waals surface area contributed by atoms with Gasteiger partial charge in [0.2, 0.25) is 0 Å². The van der Waals surface area contributed by atoms with Gasteiger partial charge in [-0.05, 0) is 32.3 Å². The third kappa shape index (κ3) is 2.91. The molecule has 0 N–H and O–H groups in total. The fourth-order valence-corrected chi connectivity index (χ4v) is 3.08. The number of likely N-dealkylation sites (N-methyl/N-ethyl adjacent to an activating group) is 1. The number of nitro groups is 1. The summed E-state index contributed by atoms with van der Waals surface area (Å²) >= 11 is 0. The molecule has 0 saturated carbocycles. The van der Waals surface area contributed by atoms with Gasteiger partial charge in [-0.2, -0.15) is 0 Å². The summed E-state index contributed by atoms with van der Waals surface area (Å²) in [6.45, 7) is 0.981. The highest BCUT2D eigenvalue weighted by Gasteiger charge is 2.31. The largest absolute Gasteiger partial charge is 0.394 e. The van der Waals surface area contributed by atoms with Crippen LogP contribution in [0.15, 0.2) is 52.4 Å². The van der Waals surface area contributed by atoms with Gasteiger partial charge in [-0.15, -0.1) is 0 Å². The number of hydrogen-bond donors (Lipinski definition) is 0. The first-order valence-corrected chi connectivity index (χ1v) is 8.63.